The van der Waals surface area contributed by atoms with E-state index >= 15 is 0 Å². The third kappa shape index (κ3) is 10.3. The van der Waals surface area contributed by atoms with Gasteiger partial charge in [0, 0.05) is 47.1 Å². The van der Waals surface area contributed by atoms with Crippen molar-refractivity contribution in [2.75, 3.05) is 60.3 Å². The average Bonchev–Trinajstić information content (AvgIpc) is 2.76. The Labute approximate surface area is 198 Å². The molecule has 0 amide bonds. The van der Waals surface area contributed by atoms with Gasteiger partial charge in [0.15, 0.2) is 5.96 Å². The smallest absolute Gasteiger partial charge is 0.194 e. The third-order valence-electron chi connectivity index (χ3n) is 4.81. The molecule has 0 aliphatic carbocycles. The molecular formula is C22H38IN3O4. The maximum absolute atomic E-state index is 5.96. The van der Waals surface area contributed by atoms with E-state index in [0.717, 1.165) is 69.4 Å². The summed E-state index contributed by atoms with van der Waals surface area (Å²) in [5.74, 6) is 1.83. The number of hydrogen-bond acceptors (Lipinski definition) is 5. The highest BCUT2D eigenvalue weighted by molar-refractivity contribution is 14.0. The van der Waals surface area contributed by atoms with Gasteiger partial charge in [-0.05, 0) is 43.9 Å². The Morgan fingerprint density at radius 1 is 1.03 bits per heavy atom. The van der Waals surface area contributed by atoms with Crippen LogP contribution in [0.1, 0.15) is 31.7 Å². The predicted octanol–water partition coefficient (Wildman–Crippen LogP) is 3.31. The van der Waals surface area contributed by atoms with Crippen LogP contribution in [0.5, 0.6) is 5.75 Å². The van der Waals surface area contributed by atoms with E-state index in [0.29, 0.717) is 25.9 Å². The molecule has 7 nitrogen and oxygen atoms in total. The highest BCUT2D eigenvalue weighted by atomic mass is 127. The van der Waals surface area contributed by atoms with E-state index < -0.39 is 0 Å². The van der Waals surface area contributed by atoms with E-state index in [4.69, 9.17) is 23.9 Å². The Morgan fingerprint density at radius 2 is 1.73 bits per heavy atom. The molecule has 1 saturated heterocycles. The summed E-state index contributed by atoms with van der Waals surface area (Å²) in [6, 6.07) is 8.10. The van der Waals surface area contributed by atoms with Crippen molar-refractivity contribution < 1.29 is 18.9 Å². The number of aliphatic imine (C=N–C) groups is 1. The molecule has 1 heterocycles. The summed E-state index contributed by atoms with van der Waals surface area (Å²) in [5.41, 5.74) is 1.16. The molecule has 1 fully saturated rings. The van der Waals surface area contributed by atoms with Crippen LogP contribution in [0.2, 0.25) is 0 Å². The van der Waals surface area contributed by atoms with Crippen molar-refractivity contribution in [2.24, 2.45) is 4.99 Å². The first-order valence-electron chi connectivity index (χ1n) is 10.6. The lowest BCUT2D eigenvalue weighted by atomic mass is 10.1. The Bertz CT molecular complexity index is 578. The van der Waals surface area contributed by atoms with Gasteiger partial charge < -0.3 is 29.2 Å². The number of methoxy groups -OCH3 is 2. The number of guanidine groups is 1. The number of hydrogen-bond donors (Lipinski definition) is 1. The molecule has 172 valence electrons. The van der Waals surface area contributed by atoms with Crippen LogP contribution < -0.4 is 10.1 Å². The lowest BCUT2D eigenvalue weighted by Gasteiger charge is -2.34. The molecule has 0 aromatic heterocycles. The molecule has 0 spiro atoms. The van der Waals surface area contributed by atoms with Crippen molar-refractivity contribution >= 4 is 29.9 Å². The van der Waals surface area contributed by atoms with Gasteiger partial charge in [0.25, 0.3) is 0 Å². The van der Waals surface area contributed by atoms with Crippen molar-refractivity contribution in [1.82, 2.24) is 10.2 Å². The van der Waals surface area contributed by atoms with Crippen molar-refractivity contribution in [3.8, 4) is 5.75 Å². The molecule has 1 N–H and O–H groups in total. The summed E-state index contributed by atoms with van der Waals surface area (Å²) in [7, 11) is 3.40. The monoisotopic (exact) mass is 535 g/mol. The zero-order valence-electron chi connectivity index (χ0n) is 18.6. The molecule has 0 bridgehead atoms. The zero-order chi connectivity index (χ0) is 20.7. The van der Waals surface area contributed by atoms with Crippen molar-refractivity contribution in [3.63, 3.8) is 0 Å². The Kier molecular flexibility index (Phi) is 14.9. The van der Waals surface area contributed by atoms with Gasteiger partial charge in [-0.1, -0.05) is 12.1 Å². The van der Waals surface area contributed by atoms with Gasteiger partial charge in [-0.25, -0.2) is 4.99 Å². The van der Waals surface area contributed by atoms with Crippen LogP contribution in [0.15, 0.2) is 29.3 Å². The fourth-order valence-electron chi connectivity index (χ4n) is 3.21. The second-order valence-electron chi connectivity index (χ2n) is 7.06. The number of rotatable bonds is 12. The highest BCUT2D eigenvalue weighted by Gasteiger charge is 2.21. The van der Waals surface area contributed by atoms with E-state index in [9.17, 15) is 0 Å². The molecule has 0 unspecified atom stereocenters. The van der Waals surface area contributed by atoms with Crippen molar-refractivity contribution in [3.05, 3.63) is 29.8 Å². The number of ether oxygens (including phenoxy) is 4. The first kappa shape index (κ1) is 26.9. The minimum Gasteiger partial charge on any atom is -0.491 e. The topological polar surface area (TPSA) is 64.6 Å². The Balaban J connectivity index is 0.00000450. The number of benzene rings is 1. The second kappa shape index (κ2) is 16.6. The molecule has 1 aromatic rings. The minimum atomic E-state index is 0. The molecule has 0 radical (unpaired) electrons. The van der Waals surface area contributed by atoms with Crippen LogP contribution in [0, 0.1) is 0 Å². The number of nitrogens with zero attached hydrogens (tertiary/aromatic N) is 2. The minimum absolute atomic E-state index is 0. The van der Waals surface area contributed by atoms with E-state index in [1.807, 2.05) is 12.1 Å². The molecule has 30 heavy (non-hydrogen) atoms. The lowest BCUT2D eigenvalue weighted by molar-refractivity contribution is 0.00990. The number of likely N-dealkylation sites (tertiary alicyclic amines) is 1. The van der Waals surface area contributed by atoms with Gasteiger partial charge in [0.1, 0.15) is 12.4 Å². The second-order valence-corrected chi connectivity index (χ2v) is 7.06. The van der Waals surface area contributed by atoms with E-state index in [2.05, 4.69) is 29.3 Å². The third-order valence-corrected chi connectivity index (χ3v) is 4.81. The Morgan fingerprint density at radius 3 is 2.37 bits per heavy atom. The quantitative estimate of drug-likeness (QED) is 0.192. The molecule has 1 aliphatic heterocycles. The van der Waals surface area contributed by atoms with Gasteiger partial charge in [-0.15, -0.1) is 24.0 Å². The largest absolute Gasteiger partial charge is 0.491 e. The summed E-state index contributed by atoms with van der Waals surface area (Å²) in [6.45, 7) is 8.23. The first-order valence-corrected chi connectivity index (χ1v) is 10.6. The van der Waals surface area contributed by atoms with Crippen LogP contribution in [0.4, 0.5) is 0 Å². The predicted molar refractivity (Wildman–Crippen MR) is 131 cm³/mol. The molecule has 8 heteroatoms. The average molecular weight is 535 g/mol. The number of piperidine rings is 1. The van der Waals surface area contributed by atoms with Gasteiger partial charge in [0.2, 0.25) is 0 Å². The summed E-state index contributed by atoms with van der Waals surface area (Å²) < 4.78 is 21.6. The number of nitrogens with one attached hydrogen (secondary N) is 1. The number of halogens is 1. The molecule has 0 saturated carbocycles. The van der Waals surface area contributed by atoms with E-state index in [1.54, 1.807) is 14.2 Å². The van der Waals surface area contributed by atoms with Crippen molar-refractivity contribution in [1.29, 1.82) is 0 Å². The maximum Gasteiger partial charge on any atom is 0.194 e. The maximum atomic E-state index is 5.96. The fourth-order valence-corrected chi connectivity index (χ4v) is 3.21. The Hall–Kier alpha value is -1.10. The summed E-state index contributed by atoms with van der Waals surface area (Å²) >= 11 is 0. The SMILES string of the molecule is CCNC(=NCc1ccc(OCCOC)cc1)N1CCC(OCCCOC)CC1.I. The van der Waals surface area contributed by atoms with Crippen LogP contribution in [0.25, 0.3) is 0 Å². The summed E-state index contributed by atoms with van der Waals surface area (Å²) in [5, 5.41) is 3.42. The van der Waals surface area contributed by atoms with Gasteiger partial charge in [-0.3, -0.25) is 0 Å². The summed E-state index contributed by atoms with van der Waals surface area (Å²) in [6.07, 6.45) is 3.36. The van der Waals surface area contributed by atoms with Crippen LogP contribution >= 0.6 is 24.0 Å². The molecule has 1 aromatic carbocycles. The lowest BCUT2D eigenvalue weighted by Crippen LogP contribution is -2.47. The van der Waals surface area contributed by atoms with Crippen molar-refractivity contribution in [2.45, 2.75) is 38.8 Å². The van der Waals surface area contributed by atoms with E-state index in [-0.39, 0.29) is 24.0 Å². The van der Waals surface area contributed by atoms with E-state index in [1.165, 1.54) is 0 Å². The molecular weight excluding hydrogens is 497 g/mol. The molecule has 1 aliphatic rings. The van der Waals surface area contributed by atoms with Gasteiger partial charge in [-0.2, -0.15) is 0 Å². The standard InChI is InChI=1S/C22H37N3O4.HI/c1-4-23-22(25-12-10-21(11-13-25)28-15-5-14-26-2)24-18-19-6-8-20(9-7-19)29-17-16-27-3;/h6-9,21H,4-5,10-18H2,1-3H3,(H,23,24);1H. The van der Waals surface area contributed by atoms with Gasteiger partial charge in [0.05, 0.1) is 19.3 Å². The van der Waals surface area contributed by atoms with Crippen LogP contribution in [0.3, 0.4) is 0 Å². The normalized spacial score (nSPS) is 15.0. The molecule has 0 atom stereocenters. The zero-order valence-corrected chi connectivity index (χ0v) is 20.9. The van der Waals surface area contributed by atoms with Gasteiger partial charge >= 0.3 is 0 Å². The van der Waals surface area contributed by atoms with Crippen LogP contribution in [-0.2, 0) is 20.8 Å². The van der Waals surface area contributed by atoms with Crippen LogP contribution in [-0.4, -0.2) is 77.2 Å². The highest BCUT2D eigenvalue weighted by Crippen LogP contribution is 2.16. The molecule has 2 rings (SSSR count). The summed E-state index contributed by atoms with van der Waals surface area (Å²) in [4.78, 5) is 7.17. The fraction of sp³-hybridized carbons (Fsp3) is 0.682. The first-order chi connectivity index (χ1) is 14.3.